The van der Waals surface area contributed by atoms with E-state index < -0.39 is 11.9 Å². The number of benzene rings is 1. The Bertz CT molecular complexity index is 347. The Kier molecular flexibility index (Phi) is 3.23. The molecule has 0 aliphatic carbocycles. The van der Waals surface area contributed by atoms with Crippen LogP contribution in [-0.2, 0) is 11.2 Å². The van der Waals surface area contributed by atoms with Gasteiger partial charge in [-0.1, -0.05) is 25.1 Å². The highest BCUT2D eigenvalue weighted by atomic mass is 19.1. The Balaban J connectivity index is 2.87. The number of carboxylic acid groups (broad SMARTS) is 1. The Morgan fingerprint density at radius 2 is 2.21 bits per heavy atom. The first kappa shape index (κ1) is 10.7. The molecule has 0 bridgehead atoms. The molecule has 0 saturated carbocycles. The number of carboxylic acids is 1. The third kappa shape index (κ3) is 2.31. The molecule has 1 rings (SSSR count). The van der Waals surface area contributed by atoms with Crippen LogP contribution in [0.2, 0.25) is 0 Å². The molecular weight excluding hydrogens is 183 g/mol. The quantitative estimate of drug-likeness (QED) is 0.806. The van der Waals surface area contributed by atoms with Crippen LogP contribution in [0.5, 0.6) is 0 Å². The second-order valence-corrected chi connectivity index (χ2v) is 3.49. The lowest BCUT2D eigenvalue weighted by Gasteiger charge is -2.08. The molecule has 0 aliphatic rings. The molecule has 1 aromatic carbocycles. The van der Waals surface area contributed by atoms with Crippen LogP contribution in [0.3, 0.4) is 0 Å². The van der Waals surface area contributed by atoms with Crippen LogP contribution in [0.15, 0.2) is 18.2 Å². The molecule has 14 heavy (non-hydrogen) atoms. The van der Waals surface area contributed by atoms with Gasteiger partial charge in [0, 0.05) is 0 Å². The van der Waals surface area contributed by atoms with Gasteiger partial charge in [0.1, 0.15) is 5.82 Å². The first-order valence-electron chi connectivity index (χ1n) is 4.49. The van der Waals surface area contributed by atoms with Gasteiger partial charge in [-0.15, -0.1) is 0 Å². The second kappa shape index (κ2) is 4.22. The molecule has 76 valence electrons. The average molecular weight is 196 g/mol. The fraction of sp³-hybridized carbons (Fsp3) is 0.364. The minimum absolute atomic E-state index is 0.239. The summed E-state index contributed by atoms with van der Waals surface area (Å²) in [6.45, 7) is 3.24. The molecule has 1 atom stereocenters. The van der Waals surface area contributed by atoms with Crippen molar-refractivity contribution >= 4 is 5.97 Å². The van der Waals surface area contributed by atoms with Crippen molar-refractivity contribution < 1.29 is 14.3 Å². The van der Waals surface area contributed by atoms with E-state index in [1.165, 1.54) is 0 Å². The fourth-order valence-corrected chi connectivity index (χ4v) is 1.28. The van der Waals surface area contributed by atoms with E-state index in [0.717, 1.165) is 0 Å². The number of rotatable bonds is 3. The van der Waals surface area contributed by atoms with Crippen molar-refractivity contribution in [2.45, 2.75) is 20.3 Å². The van der Waals surface area contributed by atoms with Gasteiger partial charge in [0.15, 0.2) is 0 Å². The minimum Gasteiger partial charge on any atom is -0.481 e. The van der Waals surface area contributed by atoms with Crippen LogP contribution >= 0.6 is 0 Å². The average Bonchev–Trinajstić information content (AvgIpc) is 2.12. The summed E-state index contributed by atoms with van der Waals surface area (Å²) in [6, 6.07) is 5.04. The van der Waals surface area contributed by atoms with Crippen LogP contribution in [0, 0.1) is 18.7 Å². The highest BCUT2D eigenvalue weighted by Gasteiger charge is 2.14. The summed E-state index contributed by atoms with van der Waals surface area (Å²) >= 11 is 0. The van der Waals surface area contributed by atoms with Crippen LogP contribution < -0.4 is 0 Å². The van der Waals surface area contributed by atoms with Crippen LogP contribution in [0.4, 0.5) is 4.39 Å². The van der Waals surface area contributed by atoms with E-state index in [1.54, 1.807) is 32.0 Å². The maximum atomic E-state index is 13.4. The van der Waals surface area contributed by atoms with Gasteiger partial charge in [-0.2, -0.15) is 0 Å². The lowest BCUT2D eigenvalue weighted by Crippen LogP contribution is -2.13. The molecule has 1 aromatic rings. The third-order valence-electron chi connectivity index (χ3n) is 2.22. The summed E-state index contributed by atoms with van der Waals surface area (Å²) < 4.78 is 13.4. The third-order valence-corrected chi connectivity index (χ3v) is 2.22. The van der Waals surface area contributed by atoms with Gasteiger partial charge in [0.05, 0.1) is 5.92 Å². The highest BCUT2D eigenvalue weighted by molar-refractivity contribution is 5.69. The van der Waals surface area contributed by atoms with Crippen LogP contribution in [0.25, 0.3) is 0 Å². The largest absolute Gasteiger partial charge is 0.481 e. The number of aryl methyl sites for hydroxylation is 1. The Labute approximate surface area is 82.4 Å². The fourth-order valence-electron chi connectivity index (χ4n) is 1.28. The Morgan fingerprint density at radius 1 is 1.57 bits per heavy atom. The maximum absolute atomic E-state index is 13.4. The molecule has 0 amide bonds. The molecule has 0 fully saturated rings. The normalized spacial score (nSPS) is 12.5. The summed E-state index contributed by atoms with van der Waals surface area (Å²) in [4.78, 5) is 10.6. The smallest absolute Gasteiger partial charge is 0.306 e. The zero-order valence-electron chi connectivity index (χ0n) is 8.25. The maximum Gasteiger partial charge on any atom is 0.306 e. The van der Waals surface area contributed by atoms with Crippen molar-refractivity contribution in [1.82, 2.24) is 0 Å². The van der Waals surface area contributed by atoms with Crippen molar-refractivity contribution in [1.29, 1.82) is 0 Å². The van der Waals surface area contributed by atoms with E-state index in [0.29, 0.717) is 11.1 Å². The predicted molar refractivity (Wildman–Crippen MR) is 51.6 cm³/mol. The number of halogens is 1. The van der Waals surface area contributed by atoms with Gasteiger partial charge in [0.25, 0.3) is 0 Å². The highest BCUT2D eigenvalue weighted by Crippen LogP contribution is 2.15. The first-order valence-corrected chi connectivity index (χ1v) is 4.49. The molecule has 0 saturated heterocycles. The summed E-state index contributed by atoms with van der Waals surface area (Å²) in [5.41, 5.74) is 1.03. The summed E-state index contributed by atoms with van der Waals surface area (Å²) in [5, 5.41) is 8.68. The first-order chi connectivity index (χ1) is 6.52. The van der Waals surface area contributed by atoms with Crippen molar-refractivity contribution in [2.75, 3.05) is 0 Å². The second-order valence-electron chi connectivity index (χ2n) is 3.49. The Hall–Kier alpha value is -1.38. The van der Waals surface area contributed by atoms with E-state index in [9.17, 15) is 9.18 Å². The number of aliphatic carboxylic acids is 1. The van der Waals surface area contributed by atoms with E-state index in [1.807, 2.05) is 0 Å². The van der Waals surface area contributed by atoms with Crippen LogP contribution in [-0.4, -0.2) is 11.1 Å². The molecule has 0 radical (unpaired) electrons. The Morgan fingerprint density at radius 3 is 2.79 bits per heavy atom. The zero-order chi connectivity index (χ0) is 10.7. The van der Waals surface area contributed by atoms with Crippen LogP contribution in [0.1, 0.15) is 18.1 Å². The molecule has 1 N–H and O–H groups in total. The standard InChI is InChI=1S/C11H13FO2/c1-7-4-3-5-9(10(7)12)6-8(2)11(13)14/h3-5,8H,6H2,1-2H3,(H,13,14). The number of hydrogen-bond acceptors (Lipinski definition) is 1. The topological polar surface area (TPSA) is 37.3 Å². The minimum atomic E-state index is -0.897. The SMILES string of the molecule is Cc1cccc(CC(C)C(=O)O)c1F. The summed E-state index contributed by atoms with van der Waals surface area (Å²) in [5.74, 6) is -1.74. The molecular formula is C11H13FO2. The van der Waals surface area contributed by atoms with Gasteiger partial charge in [-0.3, -0.25) is 4.79 Å². The van der Waals surface area contributed by atoms with Crippen molar-refractivity contribution in [3.05, 3.63) is 35.1 Å². The van der Waals surface area contributed by atoms with E-state index in [2.05, 4.69) is 0 Å². The molecule has 0 spiro atoms. The van der Waals surface area contributed by atoms with Gasteiger partial charge in [-0.05, 0) is 24.5 Å². The van der Waals surface area contributed by atoms with Gasteiger partial charge >= 0.3 is 5.97 Å². The molecule has 0 aromatic heterocycles. The van der Waals surface area contributed by atoms with E-state index >= 15 is 0 Å². The zero-order valence-corrected chi connectivity index (χ0v) is 8.25. The molecule has 2 nitrogen and oxygen atoms in total. The molecule has 1 unspecified atom stereocenters. The van der Waals surface area contributed by atoms with Crippen molar-refractivity contribution in [2.24, 2.45) is 5.92 Å². The summed E-state index contributed by atoms with van der Waals surface area (Å²) in [7, 11) is 0. The van der Waals surface area contributed by atoms with Gasteiger partial charge in [-0.25, -0.2) is 4.39 Å². The van der Waals surface area contributed by atoms with E-state index in [-0.39, 0.29) is 12.2 Å². The van der Waals surface area contributed by atoms with Gasteiger partial charge < -0.3 is 5.11 Å². The molecule has 0 aliphatic heterocycles. The number of hydrogen-bond donors (Lipinski definition) is 1. The van der Waals surface area contributed by atoms with Crippen molar-refractivity contribution in [3.63, 3.8) is 0 Å². The van der Waals surface area contributed by atoms with Gasteiger partial charge in [0.2, 0.25) is 0 Å². The lowest BCUT2D eigenvalue weighted by molar-refractivity contribution is -0.141. The van der Waals surface area contributed by atoms with Crippen molar-refractivity contribution in [3.8, 4) is 0 Å². The number of carbonyl (C=O) groups is 1. The van der Waals surface area contributed by atoms with E-state index in [4.69, 9.17) is 5.11 Å². The summed E-state index contributed by atoms with van der Waals surface area (Å²) in [6.07, 6.45) is 0.239. The lowest BCUT2D eigenvalue weighted by atomic mass is 9.99. The molecule has 0 heterocycles. The molecule has 3 heteroatoms. The monoisotopic (exact) mass is 196 g/mol. The predicted octanol–water partition coefficient (Wildman–Crippen LogP) is 2.40.